The Labute approximate surface area is 187 Å². The molecule has 172 valence electrons. The lowest BCUT2D eigenvalue weighted by molar-refractivity contribution is 0.0696. The highest BCUT2D eigenvalue weighted by atomic mass is 35.5. The van der Waals surface area contributed by atoms with Crippen LogP contribution in [-0.2, 0) is 0 Å². The molecule has 10 heteroatoms. The maximum atomic E-state index is 13.2. The second-order valence-electron chi connectivity index (χ2n) is 7.34. The van der Waals surface area contributed by atoms with Gasteiger partial charge >= 0.3 is 12.0 Å². The van der Waals surface area contributed by atoms with Crippen LogP contribution >= 0.6 is 11.6 Å². The van der Waals surface area contributed by atoms with Gasteiger partial charge in [-0.15, -0.1) is 0 Å². The number of carboxylic acids is 1. The maximum Gasteiger partial charge on any atom is 0.339 e. The number of hydrogen-bond donors (Lipinski definition) is 2. The first-order valence-corrected chi connectivity index (χ1v) is 10.0. The van der Waals surface area contributed by atoms with Crippen molar-refractivity contribution in [2.75, 3.05) is 47.9 Å². The molecule has 31 heavy (non-hydrogen) atoms. The summed E-state index contributed by atoms with van der Waals surface area (Å²) >= 11 is 6.02. The van der Waals surface area contributed by atoms with E-state index in [9.17, 15) is 14.3 Å². The zero-order chi connectivity index (χ0) is 23.6. The molecule has 0 radical (unpaired) electrons. The Balaban J connectivity index is 0.000000592. The van der Waals surface area contributed by atoms with Gasteiger partial charge in [-0.2, -0.15) is 4.98 Å². The molecule has 0 spiro atoms. The van der Waals surface area contributed by atoms with E-state index >= 15 is 0 Å². The molecular formula is C21H30ClFN4O4. The Kier molecular flexibility index (Phi) is 11.3. The molecule has 0 aliphatic rings. The summed E-state index contributed by atoms with van der Waals surface area (Å²) in [7, 11) is 7.79. The van der Waals surface area contributed by atoms with E-state index in [-0.39, 0.29) is 28.9 Å². The molecule has 1 heterocycles. The molecule has 0 fully saturated rings. The minimum absolute atomic E-state index is 0.0501. The summed E-state index contributed by atoms with van der Waals surface area (Å²) < 4.78 is 18.7. The SMILES string of the molecule is CC(CO)N(C)C.CN(C)CCCOc1ncc(C(=O)O)c(-c2ccc(F)cc2Cl)n1. The number of hydrogen-bond acceptors (Lipinski definition) is 7. The lowest BCUT2D eigenvalue weighted by Gasteiger charge is -2.15. The number of halogens is 2. The number of ether oxygens (including phenoxy) is 1. The summed E-state index contributed by atoms with van der Waals surface area (Å²) in [5.74, 6) is -1.72. The van der Waals surface area contributed by atoms with Crippen molar-refractivity contribution in [3.63, 3.8) is 0 Å². The summed E-state index contributed by atoms with van der Waals surface area (Å²) in [6.07, 6.45) is 1.93. The minimum atomic E-state index is -1.20. The van der Waals surface area contributed by atoms with Crippen LogP contribution in [0.3, 0.4) is 0 Å². The van der Waals surface area contributed by atoms with Gasteiger partial charge in [-0.1, -0.05) is 11.6 Å². The fourth-order valence-corrected chi connectivity index (χ4v) is 2.44. The summed E-state index contributed by atoms with van der Waals surface area (Å²) in [6.45, 7) is 3.44. The molecule has 1 unspecified atom stereocenters. The highest BCUT2D eigenvalue weighted by molar-refractivity contribution is 6.33. The van der Waals surface area contributed by atoms with Crippen molar-refractivity contribution < 1.29 is 24.1 Å². The molecule has 0 bridgehead atoms. The smallest absolute Gasteiger partial charge is 0.339 e. The van der Waals surface area contributed by atoms with Crippen LogP contribution in [0.1, 0.15) is 23.7 Å². The van der Waals surface area contributed by atoms with E-state index in [2.05, 4.69) is 9.97 Å². The molecule has 1 aromatic heterocycles. The van der Waals surface area contributed by atoms with E-state index in [1.165, 1.54) is 12.1 Å². The number of aromatic carboxylic acids is 1. The van der Waals surface area contributed by atoms with E-state index in [0.717, 1.165) is 25.2 Å². The van der Waals surface area contributed by atoms with E-state index in [1.807, 2.05) is 44.9 Å². The van der Waals surface area contributed by atoms with Gasteiger partial charge in [0, 0.05) is 24.3 Å². The number of aliphatic hydroxyl groups is 1. The molecule has 2 N–H and O–H groups in total. The van der Waals surface area contributed by atoms with Crippen LogP contribution < -0.4 is 4.74 Å². The number of aromatic nitrogens is 2. The molecule has 1 atom stereocenters. The normalized spacial score (nSPS) is 11.8. The molecule has 8 nitrogen and oxygen atoms in total. The van der Waals surface area contributed by atoms with Crippen LogP contribution in [0, 0.1) is 5.82 Å². The molecule has 2 rings (SSSR count). The van der Waals surface area contributed by atoms with Crippen molar-refractivity contribution in [3.05, 3.63) is 40.8 Å². The van der Waals surface area contributed by atoms with Crippen molar-refractivity contribution >= 4 is 17.6 Å². The maximum absolute atomic E-state index is 13.2. The van der Waals surface area contributed by atoms with Gasteiger partial charge in [-0.05, 0) is 59.7 Å². The van der Waals surface area contributed by atoms with Crippen LogP contribution in [0.15, 0.2) is 24.4 Å². The summed E-state index contributed by atoms with van der Waals surface area (Å²) in [5.41, 5.74) is 0.255. The number of nitrogens with zero attached hydrogens (tertiary/aromatic N) is 4. The monoisotopic (exact) mass is 456 g/mol. The molecule has 0 saturated carbocycles. The Morgan fingerprint density at radius 2 is 1.97 bits per heavy atom. The summed E-state index contributed by atoms with van der Waals surface area (Å²) in [5, 5.41) is 17.8. The van der Waals surface area contributed by atoms with Gasteiger partial charge in [0.1, 0.15) is 11.4 Å². The highest BCUT2D eigenvalue weighted by Gasteiger charge is 2.18. The molecule has 0 aliphatic heterocycles. The first kappa shape index (κ1) is 26.7. The average molecular weight is 457 g/mol. The number of benzene rings is 1. The largest absolute Gasteiger partial charge is 0.478 e. The van der Waals surface area contributed by atoms with Gasteiger partial charge in [-0.25, -0.2) is 14.2 Å². The van der Waals surface area contributed by atoms with Crippen LogP contribution in [0.4, 0.5) is 4.39 Å². The quantitative estimate of drug-likeness (QED) is 0.556. The Morgan fingerprint density at radius 3 is 2.45 bits per heavy atom. The fourth-order valence-electron chi connectivity index (χ4n) is 2.19. The zero-order valence-corrected chi connectivity index (χ0v) is 19.2. The van der Waals surface area contributed by atoms with Gasteiger partial charge in [-0.3, -0.25) is 0 Å². The summed E-state index contributed by atoms with van der Waals surface area (Å²) in [6, 6.07) is 4.01. The van der Waals surface area contributed by atoms with Gasteiger partial charge in [0.25, 0.3) is 0 Å². The Hall–Kier alpha value is -2.33. The third-order valence-corrected chi connectivity index (χ3v) is 4.62. The molecular weight excluding hydrogens is 427 g/mol. The summed E-state index contributed by atoms with van der Waals surface area (Å²) in [4.78, 5) is 23.4. The van der Waals surface area contributed by atoms with Gasteiger partial charge < -0.3 is 24.7 Å². The minimum Gasteiger partial charge on any atom is -0.478 e. The van der Waals surface area contributed by atoms with E-state index in [0.29, 0.717) is 18.2 Å². The molecule has 0 aliphatic carbocycles. The molecule has 1 aromatic carbocycles. The van der Waals surface area contributed by atoms with E-state index in [4.69, 9.17) is 21.4 Å². The van der Waals surface area contributed by atoms with Crippen LogP contribution in [0.2, 0.25) is 5.02 Å². The molecule has 0 saturated heterocycles. The van der Waals surface area contributed by atoms with Crippen LogP contribution in [0.5, 0.6) is 6.01 Å². The van der Waals surface area contributed by atoms with Crippen molar-refractivity contribution in [1.29, 1.82) is 0 Å². The second-order valence-corrected chi connectivity index (χ2v) is 7.75. The first-order chi connectivity index (χ1) is 14.6. The average Bonchev–Trinajstić information content (AvgIpc) is 2.70. The Bertz CT molecular complexity index is 852. The first-order valence-electron chi connectivity index (χ1n) is 9.67. The van der Waals surface area contributed by atoms with Crippen molar-refractivity contribution in [2.24, 2.45) is 0 Å². The topological polar surface area (TPSA) is 99.0 Å². The van der Waals surface area contributed by atoms with Gasteiger partial charge in [0.05, 0.1) is 23.9 Å². The van der Waals surface area contributed by atoms with Crippen LogP contribution in [-0.4, -0.2) is 89.9 Å². The number of likely N-dealkylation sites (N-methyl/N-ethyl adjacent to an activating group) is 1. The molecule has 0 amide bonds. The van der Waals surface area contributed by atoms with Crippen molar-refractivity contribution in [1.82, 2.24) is 19.8 Å². The van der Waals surface area contributed by atoms with Crippen molar-refractivity contribution in [2.45, 2.75) is 19.4 Å². The third-order valence-electron chi connectivity index (χ3n) is 4.31. The zero-order valence-electron chi connectivity index (χ0n) is 18.5. The van der Waals surface area contributed by atoms with E-state index in [1.54, 1.807) is 0 Å². The number of carbonyl (C=O) groups is 1. The number of aliphatic hydroxyl groups excluding tert-OH is 1. The molecule has 2 aromatic rings. The third kappa shape index (κ3) is 9.14. The predicted octanol–water partition coefficient (Wildman–Crippen LogP) is 2.89. The van der Waals surface area contributed by atoms with E-state index < -0.39 is 11.8 Å². The lowest BCUT2D eigenvalue weighted by atomic mass is 10.1. The fraction of sp³-hybridized carbons (Fsp3) is 0.476. The Morgan fingerprint density at radius 1 is 1.29 bits per heavy atom. The standard InChI is InChI=1S/C16H17ClFN3O3.C5H13NO/c1-21(2)6-3-7-24-16-19-9-12(15(22)23)14(20-16)11-5-4-10(18)8-13(11)17;1-5(4-7)6(2)3/h4-5,8-9H,3,6-7H2,1-2H3,(H,22,23);5,7H,4H2,1-3H3. The second kappa shape index (κ2) is 13.2. The van der Waals surface area contributed by atoms with Crippen molar-refractivity contribution in [3.8, 4) is 17.3 Å². The number of rotatable bonds is 9. The predicted molar refractivity (Wildman–Crippen MR) is 118 cm³/mol. The van der Waals surface area contributed by atoms with Crippen LogP contribution in [0.25, 0.3) is 11.3 Å². The lowest BCUT2D eigenvalue weighted by Crippen LogP contribution is -2.27. The number of carboxylic acid groups (broad SMARTS) is 1. The highest BCUT2D eigenvalue weighted by Crippen LogP contribution is 2.30. The van der Waals surface area contributed by atoms with Gasteiger partial charge in [0.2, 0.25) is 0 Å². The van der Waals surface area contributed by atoms with Gasteiger partial charge in [0.15, 0.2) is 0 Å².